The molecule has 0 bridgehead atoms. The van der Waals surface area contributed by atoms with Gasteiger partial charge in [0.2, 0.25) is 0 Å². The molecule has 0 fully saturated rings. The van der Waals surface area contributed by atoms with Gasteiger partial charge in [-0.1, -0.05) is 122 Å². The minimum Gasteiger partial charge on any atom is -0.395 e. The average molecular weight is 342 g/mol. The topological polar surface area (TPSA) is 46.2 Å². The van der Waals surface area contributed by atoms with Crippen LogP contribution in [-0.2, 0) is 0 Å². The first kappa shape index (κ1) is 23.9. The molecular weight excluding hydrogens is 294 g/mol. The maximum absolute atomic E-state index is 8.85. The third-order valence-corrected chi connectivity index (χ3v) is 5.16. The fourth-order valence-corrected chi connectivity index (χ4v) is 3.40. The van der Waals surface area contributed by atoms with Crippen LogP contribution in [0.1, 0.15) is 129 Å². The Kier molecular flexibility index (Phi) is 20.9. The second-order valence-electron chi connectivity index (χ2n) is 7.74. The van der Waals surface area contributed by atoms with E-state index in [0.717, 1.165) is 6.42 Å². The Morgan fingerprint density at radius 2 is 0.833 bits per heavy atom. The first-order valence-electron chi connectivity index (χ1n) is 11.2. The third kappa shape index (κ3) is 20.0. The lowest BCUT2D eigenvalue weighted by Gasteiger charge is -2.07. The van der Waals surface area contributed by atoms with Gasteiger partial charge in [-0.3, -0.25) is 0 Å². The van der Waals surface area contributed by atoms with Crippen LogP contribution < -0.4 is 5.73 Å². The van der Waals surface area contributed by atoms with Crippen molar-refractivity contribution < 1.29 is 5.11 Å². The second-order valence-corrected chi connectivity index (χ2v) is 7.74. The minimum atomic E-state index is 0.00561. The number of aliphatic hydroxyl groups excluding tert-OH is 1. The minimum absolute atomic E-state index is 0.00561. The lowest BCUT2D eigenvalue weighted by molar-refractivity contribution is 0.257. The van der Waals surface area contributed by atoms with Gasteiger partial charge in [0.15, 0.2) is 0 Å². The highest BCUT2D eigenvalue weighted by atomic mass is 16.3. The van der Waals surface area contributed by atoms with Crippen molar-refractivity contribution in [1.29, 1.82) is 0 Å². The molecule has 0 aliphatic rings. The predicted octanol–water partition coefficient (Wildman–Crippen LogP) is 6.74. The molecule has 1 atom stereocenters. The van der Waals surface area contributed by atoms with E-state index < -0.39 is 0 Å². The molecule has 0 saturated carbocycles. The number of nitrogens with two attached hydrogens (primary N) is 1. The fourth-order valence-electron chi connectivity index (χ4n) is 3.40. The van der Waals surface area contributed by atoms with E-state index in [4.69, 9.17) is 10.8 Å². The molecule has 146 valence electrons. The summed E-state index contributed by atoms with van der Waals surface area (Å²) in [5.74, 6) is 0. The molecule has 0 spiro atoms. The van der Waals surface area contributed by atoms with Crippen molar-refractivity contribution in [3.8, 4) is 0 Å². The molecule has 0 heterocycles. The van der Waals surface area contributed by atoms with Gasteiger partial charge < -0.3 is 10.8 Å². The molecule has 0 saturated heterocycles. The Morgan fingerprint density at radius 3 is 1.12 bits per heavy atom. The number of rotatable bonds is 20. The van der Waals surface area contributed by atoms with Gasteiger partial charge in [-0.25, -0.2) is 0 Å². The summed E-state index contributed by atoms with van der Waals surface area (Å²) in [6, 6.07) is 0.00561. The van der Waals surface area contributed by atoms with Crippen molar-refractivity contribution in [2.45, 2.75) is 135 Å². The molecule has 0 aliphatic heterocycles. The van der Waals surface area contributed by atoms with Gasteiger partial charge in [0.1, 0.15) is 0 Å². The van der Waals surface area contributed by atoms with Gasteiger partial charge >= 0.3 is 0 Å². The van der Waals surface area contributed by atoms with Crippen molar-refractivity contribution >= 4 is 0 Å². The van der Waals surface area contributed by atoms with Crippen LogP contribution in [0.3, 0.4) is 0 Å². The van der Waals surface area contributed by atoms with Gasteiger partial charge in [0.25, 0.3) is 0 Å². The summed E-state index contributed by atoms with van der Waals surface area (Å²) in [5.41, 5.74) is 5.69. The van der Waals surface area contributed by atoms with Crippen molar-refractivity contribution in [3.63, 3.8) is 0 Å². The largest absolute Gasteiger partial charge is 0.395 e. The molecule has 0 aromatic heterocycles. The lowest BCUT2D eigenvalue weighted by atomic mass is 10.0. The summed E-state index contributed by atoms with van der Waals surface area (Å²) in [6.07, 6.45) is 26.4. The summed E-state index contributed by atoms with van der Waals surface area (Å²) < 4.78 is 0. The quantitative estimate of drug-likeness (QED) is 0.241. The van der Waals surface area contributed by atoms with Gasteiger partial charge in [-0.15, -0.1) is 0 Å². The van der Waals surface area contributed by atoms with Crippen molar-refractivity contribution in [2.75, 3.05) is 6.61 Å². The summed E-state index contributed by atoms with van der Waals surface area (Å²) in [7, 11) is 0. The van der Waals surface area contributed by atoms with Crippen LogP contribution in [0.5, 0.6) is 0 Å². The molecule has 1 unspecified atom stereocenters. The van der Waals surface area contributed by atoms with E-state index in [-0.39, 0.29) is 12.6 Å². The summed E-state index contributed by atoms with van der Waals surface area (Å²) in [6.45, 7) is 2.43. The molecule has 2 heteroatoms. The predicted molar refractivity (Wildman–Crippen MR) is 108 cm³/mol. The average Bonchev–Trinajstić information content (AvgIpc) is 2.60. The number of hydrogen-bond donors (Lipinski definition) is 2. The van der Waals surface area contributed by atoms with E-state index >= 15 is 0 Å². The van der Waals surface area contributed by atoms with Crippen LogP contribution in [0.25, 0.3) is 0 Å². The molecule has 0 amide bonds. The van der Waals surface area contributed by atoms with E-state index in [1.165, 1.54) is 116 Å². The Balaban J connectivity index is 2.98. The van der Waals surface area contributed by atoms with Gasteiger partial charge in [0.05, 0.1) is 6.61 Å². The van der Waals surface area contributed by atoms with E-state index in [0.29, 0.717) is 0 Å². The normalized spacial score (nSPS) is 12.6. The van der Waals surface area contributed by atoms with E-state index in [1.807, 2.05) is 0 Å². The van der Waals surface area contributed by atoms with Gasteiger partial charge in [-0.2, -0.15) is 0 Å². The zero-order valence-electron chi connectivity index (χ0n) is 16.7. The highest BCUT2D eigenvalue weighted by molar-refractivity contribution is 4.58. The van der Waals surface area contributed by atoms with E-state index in [1.54, 1.807) is 0 Å². The zero-order chi connectivity index (χ0) is 17.7. The van der Waals surface area contributed by atoms with Crippen LogP contribution in [0.4, 0.5) is 0 Å². The number of aliphatic hydroxyl groups is 1. The molecular formula is C22H47NO. The third-order valence-electron chi connectivity index (χ3n) is 5.16. The highest BCUT2D eigenvalue weighted by Crippen LogP contribution is 2.14. The Labute approximate surface area is 153 Å². The maximum atomic E-state index is 8.85. The fraction of sp³-hybridized carbons (Fsp3) is 1.00. The smallest absolute Gasteiger partial charge is 0.0582 e. The molecule has 0 aromatic carbocycles. The standard InChI is InChI=1S/C22H47NO/c1-2-3-4-5-6-7-8-9-10-11-12-13-14-15-16-17-18-19-20-22(23)21-24/h22,24H,2-21,23H2,1H3. The maximum Gasteiger partial charge on any atom is 0.0582 e. The van der Waals surface area contributed by atoms with E-state index in [9.17, 15) is 0 Å². The van der Waals surface area contributed by atoms with Crippen molar-refractivity contribution in [2.24, 2.45) is 5.73 Å². The zero-order valence-corrected chi connectivity index (χ0v) is 16.7. The van der Waals surface area contributed by atoms with Crippen LogP contribution in [0.2, 0.25) is 0 Å². The molecule has 24 heavy (non-hydrogen) atoms. The second kappa shape index (κ2) is 21.0. The Morgan fingerprint density at radius 1 is 0.542 bits per heavy atom. The molecule has 2 nitrogen and oxygen atoms in total. The molecule has 0 rings (SSSR count). The van der Waals surface area contributed by atoms with Crippen molar-refractivity contribution in [1.82, 2.24) is 0 Å². The summed E-state index contributed by atoms with van der Waals surface area (Å²) in [5, 5.41) is 8.85. The Hall–Kier alpha value is -0.0800. The molecule has 0 aromatic rings. The van der Waals surface area contributed by atoms with E-state index in [2.05, 4.69) is 6.92 Å². The Bertz CT molecular complexity index is 220. The molecule has 3 N–H and O–H groups in total. The monoisotopic (exact) mass is 341 g/mol. The first-order chi connectivity index (χ1) is 11.8. The van der Waals surface area contributed by atoms with Crippen LogP contribution in [0, 0.1) is 0 Å². The number of unbranched alkanes of at least 4 members (excludes halogenated alkanes) is 17. The van der Waals surface area contributed by atoms with Crippen LogP contribution >= 0.6 is 0 Å². The van der Waals surface area contributed by atoms with Crippen molar-refractivity contribution in [3.05, 3.63) is 0 Å². The summed E-state index contributed by atoms with van der Waals surface area (Å²) >= 11 is 0. The lowest BCUT2D eigenvalue weighted by Crippen LogP contribution is -2.23. The van der Waals surface area contributed by atoms with Gasteiger partial charge in [0, 0.05) is 6.04 Å². The molecule has 0 radical (unpaired) electrons. The SMILES string of the molecule is CCCCCCCCCCCCCCCCCCCCC(N)CO. The highest BCUT2D eigenvalue weighted by Gasteiger charge is 1.99. The first-order valence-corrected chi connectivity index (χ1v) is 11.2. The molecule has 0 aliphatic carbocycles. The summed E-state index contributed by atoms with van der Waals surface area (Å²) in [4.78, 5) is 0. The van der Waals surface area contributed by atoms with Crippen LogP contribution in [-0.4, -0.2) is 17.8 Å². The van der Waals surface area contributed by atoms with Gasteiger partial charge in [-0.05, 0) is 6.42 Å². The number of hydrogen-bond acceptors (Lipinski definition) is 2. The van der Waals surface area contributed by atoms with Crippen LogP contribution in [0.15, 0.2) is 0 Å².